The summed E-state index contributed by atoms with van der Waals surface area (Å²) in [7, 11) is 1.71. The van der Waals surface area contributed by atoms with Crippen molar-refractivity contribution in [2.75, 3.05) is 7.11 Å². The Hall–Kier alpha value is -1.51. The van der Waals surface area contributed by atoms with Crippen LogP contribution in [0.4, 0.5) is 0 Å². The van der Waals surface area contributed by atoms with Crippen LogP contribution >= 0.6 is 11.6 Å². The van der Waals surface area contributed by atoms with Crippen molar-refractivity contribution in [1.29, 1.82) is 0 Å². The van der Waals surface area contributed by atoms with Gasteiger partial charge in [0.25, 0.3) is 0 Å². The lowest BCUT2D eigenvalue weighted by atomic mass is 10.0. The topological polar surface area (TPSA) is 21.3 Å². The van der Waals surface area contributed by atoms with Crippen molar-refractivity contribution in [2.24, 2.45) is 0 Å². The van der Waals surface area contributed by atoms with Crippen LogP contribution in [0, 0.1) is 6.92 Å². The summed E-state index contributed by atoms with van der Waals surface area (Å²) in [5.41, 5.74) is 3.64. The van der Waals surface area contributed by atoms with Gasteiger partial charge >= 0.3 is 0 Å². The maximum atomic E-state index is 6.08. The van der Waals surface area contributed by atoms with Crippen LogP contribution in [0.5, 0.6) is 5.75 Å². The third kappa shape index (κ3) is 4.23. The molecule has 0 aliphatic rings. The van der Waals surface area contributed by atoms with Gasteiger partial charge in [-0.05, 0) is 37.1 Å². The van der Waals surface area contributed by atoms with Crippen LogP contribution in [0.25, 0.3) is 0 Å². The van der Waals surface area contributed by atoms with Crippen molar-refractivity contribution in [2.45, 2.75) is 32.9 Å². The van der Waals surface area contributed by atoms with Crippen LogP contribution in [0.1, 0.15) is 36.1 Å². The Labute approximate surface area is 132 Å². The van der Waals surface area contributed by atoms with Gasteiger partial charge in [-0.1, -0.05) is 48.4 Å². The lowest BCUT2D eigenvalue weighted by Gasteiger charge is -2.19. The van der Waals surface area contributed by atoms with Gasteiger partial charge in [-0.15, -0.1) is 0 Å². The lowest BCUT2D eigenvalue weighted by molar-refractivity contribution is 0.404. The fraction of sp³-hybridized carbons (Fsp3) is 0.333. The minimum Gasteiger partial charge on any atom is -0.496 e. The number of halogens is 1. The highest BCUT2D eigenvalue weighted by molar-refractivity contribution is 6.30. The van der Waals surface area contributed by atoms with Crippen LogP contribution in [0.2, 0.25) is 5.02 Å². The van der Waals surface area contributed by atoms with E-state index in [0.29, 0.717) is 0 Å². The fourth-order valence-corrected chi connectivity index (χ4v) is 2.70. The molecule has 0 saturated carbocycles. The van der Waals surface area contributed by atoms with E-state index in [9.17, 15) is 0 Å². The molecule has 0 aliphatic carbocycles. The normalized spacial score (nSPS) is 12.2. The fourth-order valence-electron chi connectivity index (χ4n) is 2.50. The van der Waals surface area contributed by atoms with Gasteiger partial charge in [0.2, 0.25) is 0 Å². The molecular formula is C18H22ClNO. The SMILES string of the molecule is CCC(NCc1cc(C)ccc1OC)c1cccc(Cl)c1. The molecule has 1 N–H and O–H groups in total. The standard InChI is InChI=1S/C18H22ClNO/c1-4-17(14-6-5-7-16(19)11-14)20-12-15-10-13(2)8-9-18(15)21-3/h5-11,17,20H,4,12H2,1-3H3. The second-order valence-corrected chi connectivity index (χ2v) is 5.65. The average Bonchev–Trinajstić information content (AvgIpc) is 2.48. The lowest BCUT2D eigenvalue weighted by Crippen LogP contribution is -2.20. The predicted molar refractivity (Wildman–Crippen MR) is 89.1 cm³/mol. The summed E-state index contributed by atoms with van der Waals surface area (Å²) < 4.78 is 5.43. The van der Waals surface area contributed by atoms with E-state index in [0.717, 1.165) is 23.7 Å². The van der Waals surface area contributed by atoms with Gasteiger partial charge in [0, 0.05) is 23.2 Å². The largest absolute Gasteiger partial charge is 0.496 e. The zero-order chi connectivity index (χ0) is 15.2. The Bertz CT molecular complexity index is 598. The van der Waals surface area contributed by atoms with Crippen molar-refractivity contribution in [1.82, 2.24) is 5.32 Å². The summed E-state index contributed by atoms with van der Waals surface area (Å²) >= 11 is 6.08. The number of hydrogen-bond acceptors (Lipinski definition) is 2. The number of rotatable bonds is 6. The van der Waals surface area contributed by atoms with E-state index in [1.54, 1.807) is 7.11 Å². The molecule has 0 fully saturated rings. The van der Waals surface area contributed by atoms with E-state index >= 15 is 0 Å². The summed E-state index contributed by atoms with van der Waals surface area (Å²) in [6.07, 6.45) is 1.01. The third-order valence-corrected chi connectivity index (χ3v) is 3.87. The van der Waals surface area contributed by atoms with E-state index in [2.05, 4.69) is 37.4 Å². The highest BCUT2D eigenvalue weighted by Crippen LogP contribution is 2.23. The number of benzene rings is 2. The summed E-state index contributed by atoms with van der Waals surface area (Å²) in [6.45, 7) is 5.04. The van der Waals surface area contributed by atoms with E-state index in [-0.39, 0.29) is 6.04 Å². The van der Waals surface area contributed by atoms with Gasteiger partial charge in [-0.2, -0.15) is 0 Å². The van der Waals surface area contributed by atoms with Crippen LogP contribution in [-0.4, -0.2) is 7.11 Å². The molecule has 3 heteroatoms. The van der Waals surface area contributed by atoms with E-state index in [4.69, 9.17) is 16.3 Å². The molecule has 2 aromatic rings. The first-order valence-corrected chi connectivity index (χ1v) is 7.64. The second kappa shape index (κ2) is 7.48. The van der Waals surface area contributed by atoms with Gasteiger partial charge in [-0.25, -0.2) is 0 Å². The molecule has 0 radical (unpaired) electrons. The van der Waals surface area contributed by atoms with Crippen LogP contribution in [-0.2, 0) is 6.54 Å². The molecule has 0 amide bonds. The molecule has 1 unspecified atom stereocenters. The number of hydrogen-bond donors (Lipinski definition) is 1. The summed E-state index contributed by atoms with van der Waals surface area (Å²) in [4.78, 5) is 0. The van der Waals surface area contributed by atoms with Gasteiger partial charge in [-0.3, -0.25) is 0 Å². The highest BCUT2D eigenvalue weighted by atomic mass is 35.5. The van der Waals surface area contributed by atoms with Crippen molar-refractivity contribution in [3.05, 3.63) is 64.2 Å². The van der Waals surface area contributed by atoms with Crippen molar-refractivity contribution in [3.8, 4) is 5.75 Å². The highest BCUT2D eigenvalue weighted by Gasteiger charge is 2.11. The molecule has 112 valence electrons. The summed E-state index contributed by atoms with van der Waals surface area (Å²) in [6, 6.07) is 14.6. The van der Waals surface area contributed by atoms with Gasteiger partial charge in [0.05, 0.1) is 7.11 Å². The third-order valence-electron chi connectivity index (χ3n) is 3.63. The Kier molecular flexibility index (Phi) is 5.66. The van der Waals surface area contributed by atoms with Gasteiger partial charge < -0.3 is 10.1 Å². The Morgan fingerprint density at radius 3 is 2.67 bits per heavy atom. The minimum absolute atomic E-state index is 0.286. The monoisotopic (exact) mass is 303 g/mol. The van der Waals surface area contributed by atoms with Crippen molar-refractivity contribution >= 4 is 11.6 Å². The predicted octanol–water partition coefficient (Wildman–Crippen LogP) is 4.90. The minimum atomic E-state index is 0.286. The second-order valence-electron chi connectivity index (χ2n) is 5.21. The molecule has 21 heavy (non-hydrogen) atoms. The van der Waals surface area contributed by atoms with E-state index in [1.807, 2.05) is 24.3 Å². The molecule has 0 aliphatic heterocycles. The number of methoxy groups -OCH3 is 1. The quantitative estimate of drug-likeness (QED) is 0.819. The molecule has 2 rings (SSSR count). The Morgan fingerprint density at radius 1 is 1.19 bits per heavy atom. The molecule has 0 spiro atoms. The van der Waals surface area contributed by atoms with Crippen molar-refractivity contribution in [3.63, 3.8) is 0 Å². The Balaban J connectivity index is 2.12. The first-order valence-electron chi connectivity index (χ1n) is 7.26. The van der Waals surface area contributed by atoms with Crippen LogP contribution < -0.4 is 10.1 Å². The molecule has 0 heterocycles. The smallest absolute Gasteiger partial charge is 0.123 e. The summed E-state index contributed by atoms with van der Waals surface area (Å²) in [5, 5.41) is 4.37. The zero-order valence-electron chi connectivity index (χ0n) is 12.8. The van der Waals surface area contributed by atoms with Gasteiger partial charge in [0.15, 0.2) is 0 Å². The molecule has 2 nitrogen and oxygen atoms in total. The molecular weight excluding hydrogens is 282 g/mol. The van der Waals surface area contributed by atoms with Crippen molar-refractivity contribution < 1.29 is 4.74 Å². The molecule has 0 bridgehead atoms. The molecule has 0 saturated heterocycles. The first-order chi connectivity index (χ1) is 10.1. The number of nitrogens with one attached hydrogen (secondary N) is 1. The van der Waals surface area contributed by atoms with E-state index in [1.165, 1.54) is 16.7 Å². The number of ether oxygens (including phenoxy) is 1. The van der Waals surface area contributed by atoms with Crippen LogP contribution in [0.3, 0.4) is 0 Å². The molecule has 2 aromatic carbocycles. The average molecular weight is 304 g/mol. The van der Waals surface area contributed by atoms with Crippen LogP contribution in [0.15, 0.2) is 42.5 Å². The summed E-state index contributed by atoms with van der Waals surface area (Å²) in [5.74, 6) is 0.925. The molecule has 1 atom stereocenters. The number of aryl methyl sites for hydroxylation is 1. The maximum absolute atomic E-state index is 6.08. The maximum Gasteiger partial charge on any atom is 0.123 e. The zero-order valence-corrected chi connectivity index (χ0v) is 13.6. The van der Waals surface area contributed by atoms with Gasteiger partial charge in [0.1, 0.15) is 5.75 Å². The Morgan fingerprint density at radius 2 is 2.00 bits per heavy atom. The van der Waals surface area contributed by atoms with E-state index < -0.39 is 0 Å². The first kappa shape index (κ1) is 15.9. The molecule has 0 aromatic heterocycles.